The zero-order chi connectivity index (χ0) is 23.5. The van der Waals surface area contributed by atoms with E-state index in [9.17, 15) is 9.59 Å². The van der Waals surface area contributed by atoms with Gasteiger partial charge < -0.3 is 20.1 Å². The van der Waals surface area contributed by atoms with Gasteiger partial charge in [-0.05, 0) is 30.7 Å². The number of para-hydroxylation sites is 1. The van der Waals surface area contributed by atoms with E-state index in [0.717, 1.165) is 5.56 Å². The number of ether oxygens (including phenoxy) is 2. The first kappa shape index (κ1) is 21.4. The minimum absolute atomic E-state index is 0.0870. The SMILES string of the molecule is COC(=O)C1=C(N)Oc2n[nH]c(C)c2[C@@]12C(=O)N(Cc1ccc(Cl)c(Cl)c1)c1ccccc12. The molecule has 168 valence electrons. The molecule has 33 heavy (non-hydrogen) atoms. The second kappa shape index (κ2) is 7.54. The molecule has 0 saturated heterocycles. The summed E-state index contributed by atoms with van der Waals surface area (Å²) in [6, 6.07) is 12.4. The van der Waals surface area contributed by atoms with Gasteiger partial charge in [0, 0.05) is 16.9 Å². The van der Waals surface area contributed by atoms with Crippen molar-refractivity contribution in [1.82, 2.24) is 10.2 Å². The lowest BCUT2D eigenvalue weighted by Crippen LogP contribution is -2.48. The van der Waals surface area contributed by atoms with E-state index in [1.54, 1.807) is 42.2 Å². The Morgan fingerprint density at radius 2 is 2.00 bits per heavy atom. The van der Waals surface area contributed by atoms with E-state index < -0.39 is 11.4 Å². The van der Waals surface area contributed by atoms with Crippen LogP contribution in [0.15, 0.2) is 53.9 Å². The molecule has 0 aliphatic carbocycles. The van der Waals surface area contributed by atoms with Gasteiger partial charge in [0.05, 0.1) is 29.3 Å². The Hall–Kier alpha value is -3.49. The molecule has 5 rings (SSSR count). The Bertz CT molecular complexity index is 1370. The van der Waals surface area contributed by atoms with Gasteiger partial charge in [0.2, 0.25) is 17.7 Å². The highest BCUT2D eigenvalue weighted by Crippen LogP contribution is 2.56. The lowest BCUT2D eigenvalue weighted by Gasteiger charge is -2.34. The number of hydrogen-bond donors (Lipinski definition) is 2. The molecular formula is C23H18Cl2N4O4. The number of nitrogens with zero attached hydrogens (tertiary/aromatic N) is 2. The number of aromatic nitrogens is 2. The fraction of sp³-hybridized carbons (Fsp3) is 0.174. The van der Waals surface area contributed by atoms with Crippen molar-refractivity contribution in [2.45, 2.75) is 18.9 Å². The van der Waals surface area contributed by atoms with Gasteiger partial charge in [-0.1, -0.05) is 47.5 Å². The number of H-pyrrole nitrogens is 1. The number of nitrogens with two attached hydrogens (primary N) is 1. The van der Waals surface area contributed by atoms with Crippen LogP contribution in [0.4, 0.5) is 5.69 Å². The van der Waals surface area contributed by atoms with E-state index in [-0.39, 0.29) is 29.8 Å². The molecule has 10 heteroatoms. The first-order valence-electron chi connectivity index (χ1n) is 9.98. The molecule has 0 radical (unpaired) electrons. The van der Waals surface area contributed by atoms with E-state index in [4.69, 9.17) is 38.4 Å². The Balaban J connectivity index is 1.78. The van der Waals surface area contributed by atoms with Gasteiger partial charge in [-0.25, -0.2) is 4.79 Å². The van der Waals surface area contributed by atoms with Gasteiger partial charge in [0.25, 0.3) is 0 Å². The number of aromatic amines is 1. The predicted octanol–water partition coefficient (Wildman–Crippen LogP) is 3.59. The van der Waals surface area contributed by atoms with Crippen LogP contribution in [0.1, 0.15) is 22.4 Å². The monoisotopic (exact) mass is 484 g/mol. The first-order valence-corrected chi connectivity index (χ1v) is 10.7. The highest BCUT2D eigenvalue weighted by atomic mass is 35.5. The number of benzene rings is 2. The van der Waals surface area contributed by atoms with Crippen LogP contribution in [0, 0.1) is 6.92 Å². The number of amides is 1. The number of halogens is 2. The van der Waals surface area contributed by atoms with Crippen LogP contribution >= 0.6 is 23.2 Å². The van der Waals surface area contributed by atoms with Gasteiger partial charge in [-0.3, -0.25) is 9.89 Å². The van der Waals surface area contributed by atoms with Gasteiger partial charge in [-0.2, -0.15) is 0 Å². The lowest BCUT2D eigenvalue weighted by atomic mass is 9.68. The third-order valence-electron chi connectivity index (χ3n) is 6.00. The van der Waals surface area contributed by atoms with Crippen LogP contribution in [-0.2, 0) is 26.3 Å². The van der Waals surface area contributed by atoms with Crippen molar-refractivity contribution in [2.24, 2.45) is 5.73 Å². The van der Waals surface area contributed by atoms with Crippen LogP contribution in [0.3, 0.4) is 0 Å². The summed E-state index contributed by atoms with van der Waals surface area (Å²) in [6.07, 6.45) is 0. The highest BCUT2D eigenvalue weighted by molar-refractivity contribution is 6.42. The summed E-state index contributed by atoms with van der Waals surface area (Å²) in [4.78, 5) is 29.0. The summed E-state index contributed by atoms with van der Waals surface area (Å²) < 4.78 is 10.7. The number of carbonyl (C=O) groups is 2. The van der Waals surface area contributed by atoms with Crippen molar-refractivity contribution in [2.75, 3.05) is 12.0 Å². The minimum atomic E-state index is -1.59. The van der Waals surface area contributed by atoms with Crippen molar-refractivity contribution >= 4 is 40.8 Å². The summed E-state index contributed by atoms with van der Waals surface area (Å²) in [5.41, 5.74) is 7.46. The number of carbonyl (C=O) groups excluding carboxylic acids is 2. The second-order valence-electron chi connectivity index (χ2n) is 7.77. The topological polar surface area (TPSA) is 111 Å². The number of aryl methyl sites for hydroxylation is 1. The first-order chi connectivity index (χ1) is 15.8. The van der Waals surface area contributed by atoms with Gasteiger partial charge >= 0.3 is 5.97 Å². The summed E-state index contributed by atoms with van der Waals surface area (Å²) in [5.74, 6) is -1.25. The molecule has 1 amide bonds. The van der Waals surface area contributed by atoms with E-state index >= 15 is 0 Å². The Morgan fingerprint density at radius 3 is 2.73 bits per heavy atom. The maximum Gasteiger partial charge on any atom is 0.340 e. The molecule has 0 saturated carbocycles. The Kier molecular flexibility index (Phi) is 4.88. The zero-order valence-corrected chi connectivity index (χ0v) is 19.1. The summed E-state index contributed by atoms with van der Waals surface area (Å²) in [5, 5.41) is 7.80. The maximum atomic E-state index is 14.4. The minimum Gasteiger partial charge on any atom is -0.465 e. The average Bonchev–Trinajstić information content (AvgIpc) is 3.28. The van der Waals surface area contributed by atoms with Crippen molar-refractivity contribution in [3.63, 3.8) is 0 Å². The van der Waals surface area contributed by atoms with Crippen molar-refractivity contribution in [3.8, 4) is 5.88 Å². The highest BCUT2D eigenvalue weighted by Gasteiger charge is 2.62. The molecule has 3 heterocycles. The molecule has 1 spiro atoms. The molecular weight excluding hydrogens is 467 g/mol. The van der Waals surface area contributed by atoms with E-state index in [1.165, 1.54) is 7.11 Å². The fourth-order valence-corrected chi connectivity index (χ4v) is 4.98. The molecule has 8 nitrogen and oxygen atoms in total. The predicted molar refractivity (Wildman–Crippen MR) is 122 cm³/mol. The summed E-state index contributed by atoms with van der Waals surface area (Å²) in [6.45, 7) is 1.95. The number of anilines is 1. The molecule has 3 N–H and O–H groups in total. The zero-order valence-electron chi connectivity index (χ0n) is 17.6. The van der Waals surface area contributed by atoms with E-state index in [0.29, 0.717) is 32.6 Å². The van der Waals surface area contributed by atoms with Crippen LogP contribution < -0.4 is 15.4 Å². The van der Waals surface area contributed by atoms with E-state index in [1.807, 2.05) is 12.1 Å². The third-order valence-corrected chi connectivity index (χ3v) is 6.74. The van der Waals surface area contributed by atoms with Gasteiger partial charge in [-0.15, -0.1) is 5.10 Å². The van der Waals surface area contributed by atoms with Crippen LogP contribution in [0.5, 0.6) is 5.88 Å². The standard InChI is InChI=1S/C23H18Cl2N4O4/c1-11-17-20(28-27-11)33-19(26)18(21(30)32-2)23(17)13-5-3-4-6-16(13)29(22(23)31)10-12-7-8-14(24)15(25)9-12/h3-9H,10,26H2,1-2H3,(H,27,28)/t23-/m1/s1. The summed E-state index contributed by atoms with van der Waals surface area (Å²) >= 11 is 12.3. The molecule has 0 bridgehead atoms. The Morgan fingerprint density at radius 1 is 1.24 bits per heavy atom. The number of fused-ring (bicyclic) bond motifs is 4. The van der Waals surface area contributed by atoms with Crippen LogP contribution in [0.25, 0.3) is 0 Å². The number of methoxy groups -OCH3 is 1. The smallest absolute Gasteiger partial charge is 0.340 e. The Labute approximate surface area is 198 Å². The van der Waals surface area contributed by atoms with Crippen molar-refractivity contribution < 1.29 is 19.1 Å². The molecule has 2 aliphatic rings. The number of hydrogen-bond acceptors (Lipinski definition) is 6. The van der Waals surface area contributed by atoms with Crippen LogP contribution in [-0.4, -0.2) is 29.2 Å². The average molecular weight is 485 g/mol. The van der Waals surface area contributed by atoms with Gasteiger partial charge in [0.1, 0.15) is 11.0 Å². The van der Waals surface area contributed by atoms with Crippen molar-refractivity contribution in [3.05, 3.63) is 86.4 Å². The molecule has 0 fully saturated rings. The van der Waals surface area contributed by atoms with Crippen LogP contribution in [0.2, 0.25) is 10.0 Å². The molecule has 2 aliphatic heterocycles. The number of rotatable bonds is 3. The largest absolute Gasteiger partial charge is 0.465 e. The lowest BCUT2D eigenvalue weighted by molar-refractivity contribution is -0.138. The summed E-state index contributed by atoms with van der Waals surface area (Å²) in [7, 11) is 1.23. The molecule has 2 aromatic carbocycles. The van der Waals surface area contributed by atoms with Crippen molar-refractivity contribution in [1.29, 1.82) is 0 Å². The number of nitrogens with one attached hydrogen (secondary N) is 1. The molecule has 1 aromatic heterocycles. The van der Waals surface area contributed by atoms with Gasteiger partial charge in [0.15, 0.2) is 0 Å². The number of esters is 1. The molecule has 0 unspecified atom stereocenters. The second-order valence-corrected chi connectivity index (χ2v) is 8.58. The third kappa shape index (κ3) is 2.87. The maximum absolute atomic E-state index is 14.4. The molecule has 3 aromatic rings. The normalized spacial score (nSPS) is 18.9. The quantitative estimate of drug-likeness (QED) is 0.549. The fourth-order valence-electron chi connectivity index (χ4n) is 4.66. The van der Waals surface area contributed by atoms with E-state index in [2.05, 4.69) is 10.2 Å². The molecule has 1 atom stereocenters.